The number of nitrogens with zero attached hydrogens (tertiary/aromatic N) is 2. The molecule has 1 heterocycles. The first-order chi connectivity index (χ1) is 8.56. The fourth-order valence-corrected chi connectivity index (χ4v) is 1.18. The van der Waals surface area contributed by atoms with Gasteiger partial charge in [0, 0.05) is 6.07 Å². The zero-order valence-corrected chi connectivity index (χ0v) is 9.02. The van der Waals surface area contributed by atoms with Crippen LogP contribution in [0.2, 0.25) is 0 Å². The summed E-state index contributed by atoms with van der Waals surface area (Å²) < 4.78 is 31.0. The molecular formula is C11H8F2N4O. The molecule has 1 aromatic heterocycles. The number of benzene rings is 1. The molecule has 0 amide bonds. The summed E-state index contributed by atoms with van der Waals surface area (Å²) in [5.74, 6) is -1.92. The van der Waals surface area contributed by atoms with Crippen LogP contribution in [0.5, 0.6) is 11.6 Å². The van der Waals surface area contributed by atoms with Gasteiger partial charge in [-0.1, -0.05) is 0 Å². The second kappa shape index (κ2) is 4.74. The van der Waals surface area contributed by atoms with Gasteiger partial charge in [0.2, 0.25) is 5.88 Å². The Morgan fingerprint density at radius 2 is 2.00 bits per heavy atom. The molecule has 0 spiro atoms. The van der Waals surface area contributed by atoms with Gasteiger partial charge in [0.05, 0.1) is 12.4 Å². The molecule has 2 aromatic rings. The van der Waals surface area contributed by atoms with Crippen molar-refractivity contribution in [2.45, 2.75) is 0 Å². The number of rotatable bonds is 3. The smallest absolute Gasteiger partial charge is 0.238 e. The van der Waals surface area contributed by atoms with Crippen molar-refractivity contribution in [3.05, 3.63) is 47.9 Å². The topological polar surface area (TPSA) is 84.9 Å². The molecule has 1 aromatic carbocycles. The minimum absolute atomic E-state index is 0.0190. The highest BCUT2D eigenvalue weighted by Crippen LogP contribution is 2.22. The molecule has 0 aliphatic heterocycles. The van der Waals surface area contributed by atoms with Crippen LogP contribution in [0, 0.1) is 17.0 Å². The minimum atomic E-state index is -0.840. The SMILES string of the molecule is N=C(N)c1cnc(Oc2ccc(F)cc2F)cn1. The minimum Gasteiger partial charge on any atom is -0.434 e. The van der Waals surface area contributed by atoms with E-state index in [2.05, 4.69) is 9.97 Å². The second-order valence-corrected chi connectivity index (χ2v) is 3.33. The van der Waals surface area contributed by atoms with Crippen molar-refractivity contribution in [1.29, 1.82) is 5.41 Å². The van der Waals surface area contributed by atoms with E-state index in [4.69, 9.17) is 15.9 Å². The Hall–Kier alpha value is -2.57. The standard InChI is InChI=1S/C11H8F2N4O/c12-6-1-2-9(7(13)3-6)18-10-5-16-8(4-17-10)11(14)15/h1-5H,(H3,14,15). The van der Waals surface area contributed by atoms with Gasteiger partial charge in [-0.05, 0) is 12.1 Å². The number of hydrogen-bond acceptors (Lipinski definition) is 4. The summed E-state index contributed by atoms with van der Waals surface area (Å²) in [6, 6.07) is 2.91. The van der Waals surface area contributed by atoms with Crippen LogP contribution in [0.1, 0.15) is 5.69 Å². The quantitative estimate of drug-likeness (QED) is 0.642. The largest absolute Gasteiger partial charge is 0.434 e. The lowest BCUT2D eigenvalue weighted by molar-refractivity contribution is 0.421. The Kier molecular flexibility index (Phi) is 3.13. The lowest BCUT2D eigenvalue weighted by Gasteiger charge is -2.05. The fraction of sp³-hybridized carbons (Fsp3) is 0. The molecule has 0 fully saturated rings. The van der Waals surface area contributed by atoms with Gasteiger partial charge >= 0.3 is 0 Å². The molecule has 3 N–H and O–H groups in total. The van der Waals surface area contributed by atoms with E-state index in [1.165, 1.54) is 12.4 Å². The summed E-state index contributed by atoms with van der Waals surface area (Å²) in [7, 11) is 0. The van der Waals surface area contributed by atoms with E-state index >= 15 is 0 Å². The summed E-state index contributed by atoms with van der Waals surface area (Å²) in [4.78, 5) is 7.58. The highest BCUT2D eigenvalue weighted by molar-refractivity contribution is 5.92. The van der Waals surface area contributed by atoms with Crippen LogP contribution in [0.15, 0.2) is 30.6 Å². The van der Waals surface area contributed by atoms with Crippen molar-refractivity contribution < 1.29 is 13.5 Å². The van der Waals surface area contributed by atoms with E-state index in [0.717, 1.165) is 12.1 Å². The van der Waals surface area contributed by atoms with Crippen LogP contribution in [-0.4, -0.2) is 15.8 Å². The van der Waals surface area contributed by atoms with Crippen LogP contribution < -0.4 is 10.5 Å². The summed E-state index contributed by atoms with van der Waals surface area (Å²) in [5.41, 5.74) is 5.38. The van der Waals surface area contributed by atoms with Gasteiger partial charge in [0.25, 0.3) is 0 Å². The predicted molar refractivity (Wildman–Crippen MR) is 59.5 cm³/mol. The highest BCUT2D eigenvalue weighted by Gasteiger charge is 2.07. The second-order valence-electron chi connectivity index (χ2n) is 3.33. The van der Waals surface area contributed by atoms with Crippen molar-refractivity contribution in [3.63, 3.8) is 0 Å². The van der Waals surface area contributed by atoms with Crippen LogP contribution >= 0.6 is 0 Å². The molecule has 0 radical (unpaired) electrons. The summed E-state index contributed by atoms with van der Waals surface area (Å²) in [6.45, 7) is 0. The predicted octanol–water partition coefficient (Wildman–Crippen LogP) is 1.83. The molecule has 2 rings (SSSR count). The fourth-order valence-electron chi connectivity index (χ4n) is 1.18. The third-order valence-electron chi connectivity index (χ3n) is 2.01. The number of nitrogens with two attached hydrogens (primary N) is 1. The maximum Gasteiger partial charge on any atom is 0.238 e. The number of nitrogen functional groups attached to an aromatic ring is 1. The highest BCUT2D eigenvalue weighted by atomic mass is 19.1. The zero-order valence-electron chi connectivity index (χ0n) is 9.02. The van der Waals surface area contributed by atoms with E-state index in [0.29, 0.717) is 6.07 Å². The van der Waals surface area contributed by atoms with Crippen LogP contribution in [-0.2, 0) is 0 Å². The van der Waals surface area contributed by atoms with E-state index < -0.39 is 11.6 Å². The normalized spacial score (nSPS) is 10.1. The summed E-state index contributed by atoms with van der Waals surface area (Å²) >= 11 is 0. The van der Waals surface area contributed by atoms with Crippen LogP contribution in [0.25, 0.3) is 0 Å². The molecule has 0 aliphatic carbocycles. The molecule has 0 unspecified atom stereocenters. The first-order valence-electron chi connectivity index (χ1n) is 4.85. The number of hydrogen-bond donors (Lipinski definition) is 2. The van der Waals surface area contributed by atoms with Gasteiger partial charge in [-0.3, -0.25) is 5.41 Å². The van der Waals surface area contributed by atoms with Gasteiger partial charge in [-0.25, -0.2) is 18.7 Å². The molecule has 0 atom stereocenters. The molecule has 0 bridgehead atoms. The van der Waals surface area contributed by atoms with E-state index in [-0.39, 0.29) is 23.2 Å². The van der Waals surface area contributed by atoms with Gasteiger partial charge in [0.1, 0.15) is 17.3 Å². The maximum atomic E-state index is 13.3. The van der Waals surface area contributed by atoms with Crippen molar-refractivity contribution in [2.24, 2.45) is 5.73 Å². The third kappa shape index (κ3) is 2.57. The lowest BCUT2D eigenvalue weighted by atomic mass is 10.3. The summed E-state index contributed by atoms with van der Waals surface area (Å²) in [5, 5.41) is 7.12. The third-order valence-corrected chi connectivity index (χ3v) is 2.01. The first-order valence-corrected chi connectivity index (χ1v) is 4.85. The molecule has 7 heteroatoms. The molecule has 0 saturated carbocycles. The zero-order chi connectivity index (χ0) is 13.1. The number of amidine groups is 1. The van der Waals surface area contributed by atoms with Crippen molar-refractivity contribution in [3.8, 4) is 11.6 Å². The van der Waals surface area contributed by atoms with Gasteiger partial charge in [-0.15, -0.1) is 0 Å². The van der Waals surface area contributed by atoms with Crippen LogP contribution in [0.4, 0.5) is 8.78 Å². The first kappa shape index (κ1) is 11.9. The summed E-state index contributed by atoms with van der Waals surface area (Å²) in [6.07, 6.45) is 2.42. The monoisotopic (exact) mass is 250 g/mol. The van der Waals surface area contributed by atoms with E-state index in [1.807, 2.05) is 0 Å². The van der Waals surface area contributed by atoms with Crippen LogP contribution in [0.3, 0.4) is 0 Å². The average molecular weight is 250 g/mol. The van der Waals surface area contributed by atoms with Crippen molar-refractivity contribution >= 4 is 5.84 Å². The Balaban J connectivity index is 2.21. The molecule has 0 saturated heterocycles. The maximum absolute atomic E-state index is 13.3. The van der Waals surface area contributed by atoms with Gasteiger partial charge < -0.3 is 10.5 Å². The van der Waals surface area contributed by atoms with Gasteiger partial charge in [0.15, 0.2) is 11.6 Å². The van der Waals surface area contributed by atoms with Crippen molar-refractivity contribution in [1.82, 2.24) is 9.97 Å². The van der Waals surface area contributed by atoms with Gasteiger partial charge in [-0.2, -0.15) is 0 Å². The number of nitrogens with one attached hydrogen (secondary N) is 1. The Bertz CT molecular complexity index is 586. The Morgan fingerprint density at radius 1 is 1.22 bits per heavy atom. The molecule has 5 nitrogen and oxygen atoms in total. The molecule has 0 aliphatic rings. The average Bonchev–Trinajstić information content (AvgIpc) is 2.33. The van der Waals surface area contributed by atoms with Crippen molar-refractivity contribution in [2.75, 3.05) is 0 Å². The molecule has 18 heavy (non-hydrogen) atoms. The number of ether oxygens (including phenoxy) is 1. The number of halogens is 2. The molecular weight excluding hydrogens is 242 g/mol. The van der Waals surface area contributed by atoms with E-state index in [9.17, 15) is 8.78 Å². The number of aromatic nitrogens is 2. The van der Waals surface area contributed by atoms with E-state index in [1.54, 1.807) is 0 Å². The lowest BCUT2D eigenvalue weighted by Crippen LogP contribution is -2.13. The molecule has 92 valence electrons. The Labute approximate surface area is 101 Å². The Morgan fingerprint density at radius 3 is 2.56 bits per heavy atom.